The molecule has 0 radical (unpaired) electrons. The average Bonchev–Trinajstić information content (AvgIpc) is 3.16. The Bertz CT molecular complexity index is 1920. The molecule has 0 spiro atoms. The smallest absolute Gasteiger partial charge is 0.323 e. The highest BCUT2D eigenvalue weighted by molar-refractivity contribution is 6.32. The van der Waals surface area contributed by atoms with Gasteiger partial charge in [0.05, 0.1) is 11.6 Å². The van der Waals surface area contributed by atoms with Gasteiger partial charge >= 0.3 is 6.01 Å². The second-order valence-electron chi connectivity index (χ2n) is 13.7. The summed E-state index contributed by atoms with van der Waals surface area (Å²) in [4.78, 5) is 53.9. The summed E-state index contributed by atoms with van der Waals surface area (Å²) in [5.41, 5.74) is 1.70. The number of carbonyl (C=O) groups is 3. The van der Waals surface area contributed by atoms with Crippen LogP contribution in [0.1, 0.15) is 72.7 Å². The lowest BCUT2D eigenvalue weighted by Crippen LogP contribution is -2.45. The van der Waals surface area contributed by atoms with Crippen LogP contribution in [0, 0.1) is 5.41 Å². The summed E-state index contributed by atoms with van der Waals surface area (Å²) in [5.74, 6) is -3.11. The third-order valence-electron chi connectivity index (χ3n) is 8.59. The van der Waals surface area contributed by atoms with Crippen LogP contribution in [0.25, 0.3) is 0 Å². The first kappa shape index (κ1) is 39.8. The highest BCUT2D eigenvalue weighted by atomic mass is 35.5. The Balaban J connectivity index is 1.35. The Morgan fingerprint density at radius 1 is 0.981 bits per heavy atom. The molecule has 0 aliphatic carbocycles. The van der Waals surface area contributed by atoms with Gasteiger partial charge in [-0.05, 0) is 53.8 Å². The maximum atomic E-state index is 14.0. The lowest BCUT2D eigenvalue weighted by atomic mass is 9.92. The topological polar surface area (TPSA) is 148 Å². The number of hydrogen-bond acceptors (Lipinski definition) is 10. The zero-order valence-corrected chi connectivity index (χ0v) is 31.2. The molecule has 54 heavy (non-hydrogen) atoms. The molecule has 5 heterocycles. The van der Waals surface area contributed by atoms with Gasteiger partial charge in [0.2, 0.25) is 17.8 Å². The first-order chi connectivity index (χ1) is 25.8. The van der Waals surface area contributed by atoms with Gasteiger partial charge in [0.25, 0.3) is 11.8 Å². The molecule has 0 saturated carbocycles. The predicted molar refractivity (Wildman–Crippen MR) is 202 cm³/mol. The van der Waals surface area contributed by atoms with Gasteiger partial charge in [-0.1, -0.05) is 68.8 Å². The number of rotatable bonds is 8. The van der Waals surface area contributed by atoms with Crippen molar-refractivity contribution >= 4 is 46.8 Å². The standard InChI is InChI=1S/C39H44ClF2N7O5/c1-4-39(41,42)25-54-37-47-35-43-22-26-11-17-32(30(40)21-26)53-20-8-19-49(33(51)18-16-31(50)27-9-6-5-7-10-27)24-38(2,3)23-44-34(52)28-12-14-29(15-13-28)45-36(46-35)48-37/h5-7,9-15,17,21H,4,8,16,18-20,22-25H2,1-3H3,(H,44,52)(H2,43,45,46,47,48). The third-order valence-corrected chi connectivity index (χ3v) is 8.88. The molecule has 3 aromatic carbocycles. The van der Waals surface area contributed by atoms with Crippen LogP contribution < -0.4 is 25.4 Å². The van der Waals surface area contributed by atoms with Crippen LogP contribution in [0.2, 0.25) is 5.02 Å². The molecule has 286 valence electrons. The Hall–Kier alpha value is -5.37. The largest absolute Gasteiger partial charge is 0.492 e. The Labute approximate surface area is 318 Å². The molecule has 3 N–H and O–H groups in total. The number of carbonyl (C=O) groups excluding carboxylic acids is 3. The van der Waals surface area contributed by atoms with Crippen molar-refractivity contribution in [1.29, 1.82) is 0 Å². The van der Waals surface area contributed by atoms with Crippen molar-refractivity contribution in [3.05, 3.63) is 94.5 Å². The van der Waals surface area contributed by atoms with Crippen LogP contribution in [0.4, 0.5) is 26.4 Å². The van der Waals surface area contributed by atoms with Crippen molar-refractivity contribution in [2.75, 3.05) is 43.5 Å². The molecule has 4 aliphatic heterocycles. The third kappa shape index (κ3) is 11.8. The van der Waals surface area contributed by atoms with E-state index in [2.05, 4.69) is 30.9 Å². The molecule has 1 aromatic heterocycles. The van der Waals surface area contributed by atoms with Crippen LogP contribution in [-0.2, 0) is 11.3 Å². The van der Waals surface area contributed by atoms with Crippen LogP contribution in [-0.4, -0.2) is 76.2 Å². The molecule has 4 aromatic rings. The van der Waals surface area contributed by atoms with E-state index in [-0.39, 0.29) is 68.0 Å². The molecule has 8 rings (SSSR count). The van der Waals surface area contributed by atoms with Crippen LogP contribution >= 0.6 is 11.6 Å². The summed E-state index contributed by atoms with van der Waals surface area (Å²) < 4.78 is 39.2. The molecule has 2 amide bonds. The summed E-state index contributed by atoms with van der Waals surface area (Å²) in [6.45, 7) is 5.79. The normalized spacial score (nSPS) is 15.2. The molecule has 12 nitrogen and oxygen atoms in total. The lowest BCUT2D eigenvalue weighted by Gasteiger charge is -2.33. The Morgan fingerprint density at radius 3 is 2.44 bits per heavy atom. The van der Waals surface area contributed by atoms with E-state index >= 15 is 0 Å². The molecule has 15 heteroatoms. The zero-order valence-electron chi connectivity index (χ0n) is 30.5. The van der Waals surface area contributed by atoms with Gasteiger partial charge in [0, 0.05) is 62.3 Å². The molecule has 0 atom stereocenters. The van der Waals surface area contributed by atoms with Gasteiger partial charge < -0.3 is 30.3 Å². The minimum Gasteiger partial charge on any atom is -0.492 e. The summed E-state index contributed by atoms with van der Waals surface area (Å²) >= 11 is 6.58. The van der Waals surface area contributed by atoms with E-state index in [0.717, 1.165) is 5.56 Å². The van der Waals surface area contributed by atoms with E-state index in [1.54, 1.807) is 65.6 Å². The maximum Gasteiger partial charge on any atom is 0.323 e. The number of anilines is 3. The number of benzene rings is 3. The second-order valence-corrected chi connectivity index (χ2v) is 14.1. The van der Waals surface area contributed by atoms with Gasteiger partial charge in [-0.15, -0.1) is 0 Å². The summed E-state index contributed by atoms with van der Waals surface area (Å²) in [5, 5.41) is 9.40. The second kappa shape index (κ2) is 18.1. The number of Topliss-reactive ketones (excluding diaryl/α,β-unsaturated/α-hetero) is 1. The van der Waals surface area contributed by atoms with E-state index in [9.17, 15) is 23.2 Å². The lowest BCUT2D eigenvalue weighted by molar-refractivity contribution is -0.132. The van der Waals surface area contributed by atoms with Gasteiger partial charge in [-0.3, -0.25) is 14.4 Å². The van der Waals surface area contributed by atoms with Crippen LogP contribution in [0.5, 0.6) is 11.8 Å². The molecule has 0 unspecified atom stereocenters. The maximum absolute atomic E-state index is 14.0. The van der Waals surface area contributed by atoms with E-state index in [1.165, 1.54) is 6.92 Å². The monoisotopic (exact) mass is 763 g/mol. The predicted octanol–water partition coefficient (Wildman–Crippen LogP) is 7.34. The number of ether oxygens (including phenoxy) is 2. The number of halogens is 3. The summed E-state index contributed by atoms with van der Waals surface area (Å²) in [6.07, 6.45) is 0.195. The van der Waals surface area contributed by atoms with Gasteiger partial charge in [-0.25, -0.2) is 8.78 Å². The van der Waals surface area contributed by atoms with E-state index in [4.69, 9.17) is 21.1 Å². The number of aromatic nitrogens is 3. The fourth-order valence-corrected chi connectivity index (χ4v) is 5.74. The number of nitrogens with zero attached hydrogens (tertiary/aromatic N) is 4. The first-order valence-electron chi connectivity index (χ1n) is 17.7. The minimum absolute atomic E-state index is 0.0287. The molecule has 0 saturated heterocycles. The van der Waals surface area contributed by atoms with Crippen LogP contribution in [0.3, 0.4) is 0 Å². The van der Waals surface area contributed by atoms with Gasteiger partial charge in [-0.2, -0.15) is 15.0 Å². The molecule has 4 aliphatic rings. The first-order valence-corrected chi connectivity index (χ1v) is 18.1. The molecule has 0 fully saturated rings. The van der Waals surface area contributed by atoms with Gasteiger partial charge in [0.15, 0.2) is 12.4 Å². The van der Waals surface area contributed by atoms with Crippen molar-refractivity contribution in [2.24, 2.45) is 5.41 Å². The van der Waals surface area contributed by atoms with E-state index in [0.29, 0.717) is 47.1 Å². The van der Waals surface area contributed by atoms with Crippen molar-refractivity contribution in [3.8, 4) is 11.8 Å². The fourth-order valence-electron chi connectivity index (χ4n) is 5.49. The van der Waals surface area contributed by atoms with Crippen molar-refractivity contribution < 1.29 is 32.6 Å². The number of hydrogen-bond donors (Lipinski definition) is 3. The highest BCUT2D eigenvalue weighted by Gasteiger charge is 2.29. The molecular weight excluding hydrogens is 720 g/mol. The Kier molecular flexibility index (Phi) is 13.4. The summed E-state index contributed by atoms with van der Waals surface area (Å²) in [7, 11) is 0. The van der Waals surface area contributed by atoms with Crippen LogP contribution in [0.15, 0.2) is 72.8 Å². The fraction of sp³-hybridized carbons (Fsp3) is 0.385. The number of nitrogens with one attached hydrogen (secondary N) is 3. The van der Waals surface area contributed by atoms with E-state index in [1.807, 2.05) is 26.0 Å². The highest BCUT2D eigenvalue weighted by Crippen LogP contribution is 2.27. The van der Waals surface area contributed by atoms with Gasteiger partial charge in [0.1, 0.15) is 5.75 Å². The minimum atomic E-state index is -3.07. The average molecular weight is 764 g/mol. The Morgan fingerprint density at radius 2 is 1.72 bits per heavy atom. The number of alkyl halides is 2. The quantitative estimate of drug-likeness (QED) is 0.156. The van der Waals surface area contributed by atoms with E-state index < -0.39 is 24.4 Å². The molecule has 6 bridgehead atoms. The summed E-state index contributed by atoms with van der Waals surface area (Å²) in [6, 6.07) is 20.4. The number of amides is 2. The SMILES string of the molecule is CCC(F)(F)COc1nc2nc(n1)Nc1ccc(cc1)C(=O)NCC(C)(C)CN(C(=O)CCC(=O)c1ccccc1)CCCOc1ccc(cc1Cl)CN2. The number of ketones is 1. The molecular formula is C39H44ClF2N7O5. The van der Waals surface area contributed by atoms with Crippen molar-refractivity contribution in [3.63, 3.8) is 0 Å². The van der Waals surface area contributed by atoms with Crippen molar-refractivity contribution in [1.82, 2.24) is 25.2 Å². The zero-order chi connectivity index (χ0) is 38.7. The van der Waals surface area contributed by atoms with Crippen molar-refractivity contribution in [2.45, 2.75) is 58.9 Å².